The molecule has 0 bridgehead atoms. The topological polar surface area (TPSA) is 67.6 Å². The Morgan fingerprint density at radius 3 is 2.52 bits per heavy atom. The molecule has 0 unspecified atom stereocenters. The van der Waals surface area contributed by atoms with Gasteiger partial charge in [0.15, 0.2) is 0 Å². The van der Waals surface area contributed by atoms with Crippen molar-refractivity contribution in [2.45, 2.75) is 31.7 Å². The zero-order valence-electron chi connectivity index (χ0n) is 12.2. The molecule has 3 N–H and O–H groups in total. The molecule has 118 valence electrons. The molecule has 2 amide bonds. The Labute approximate surface area is 132 Å². The molecular weight excluding hydrogens is 290 g/mol. The number of halogens is 1. The number of carbonyl (C=O) groups excluding carboxylic acids is 1. The summed E-state index contributed by atoms with van der Waals surface area (Å²) >= 11 is 0. The molecule has 0 aromatic heterocycles. The van der Waals surface area contributed by atoms with Crippen molar-refractivity contribution in [1.82, 2.24) is 10.4 Å². The van der Waals surface area contributed by atoms with E-state index in [2.05, 4.69) is 5.32 Å². The minimum atomic E-state index is -0.506. The van der Waals surface area contributed by atoms with Gasteiger partial charge in [-0.1, -0.05) is 36.8 Å². The maximum Gasteiger partial charge on any atom is 0.312 e. The van der Waals surface area contributed by atoms with Gasteiger partial charge < -0.3 is 11.1 Å². The van der Waals surface area contributed by atoms with Crippen LogP contribution in [0.15, 0.2) is 30.3 Å². The Morgan fingerprint density at radius 2 is 1.90 bits per heavy atom. The van der Waals surface area contributed by atoms with Crippen LogP contribution in [0.4, 0.5) is 4.79 Å². The van der Waals surface area contributed by atoms with Gasteiger partial charge in [-0.2, -0.15) is 5.06 Å². The highest BCUT2D eigenvalue weighted by molar-refractivity contribution is 5.85. The number of rotatable bonds is 6. The average Bonchev–Trinajstić information content (AvgIpc) is 2.46. The molecule has 1 saturated heterocycles. The van der Waals surface area contributed by atoms with E-state index in [1.807, 2.05) is 35.4 Å². The molecule has 1 aliphatic heterocycles. The largest absolute Gasteiger partial charge is 0.352 e. The van der Waals surface area contributed by atoms with Crippen molar-refractivity contribution >= 4 is 18.4 Å². The summed E-state index contributed by atoms with van der Waals surface area (Å²) in [7, 11) is 0. The van der Waals surface area contributed by atoms with Gasteiger partial charge in [-0.05, 0) is 24.8 Å². The zero-order valence-corrected chi connectivity index (χ0v) is 13.0. The molecule has 2 rings (SSSR count). The predicted octanol–water partition coefficient (Wildman–Crippen LogP) is 2.11. The van der Waals surface area contributed by atoms with E-state index in [0.717, 1.165) is 25.1 Å². The van der Waals surface area contributed by atoms with Crippen molar-refractivity contribution in [3.63, 3.8) is 0 Å². The molecule has 1 atom stereocenters. The van der Waals surface area contributed by atoms with Gasteiger partial charge in [-0.25, -0.2) is 4.79 Å². The third kappa shape index (κ3) is 6.80. The molecular formula is C15H24ClN3O2. The van der Waals surface area contributed by atoms with E-state index >= 15 is 0 Å². The number of piperidine rings is 1. The first-order chi connectivity index (χ1) is 9.74. The Bertz CT molecular complexity index is 411. The molecule has 1 aliphatic rings. The zero-order chi connectivity index (χ0) is 14.2. The highest BCUT2D eigenvalue weighted by Crippen LogP contribution is 2.10. The van der Waals surface area contributed by atoms with Crippen molar-refractivity contribution in [2.75, 3.05) is 19.7 Å². The van der Waals surface area contributed by atoms with Crippen LogP contribution in [-0.2, 0) is 11.3 Å². The van der Waals surface area contributed by atoms with Crippen molar-refractivity contribution in [3.05, 3.63) is 35.9 Å². The standard InChI is InChI=1S/C15H23N3O2.ClH/c16-15(19)17-14(11-13-7-3-1-4-8-13)12-20-18-9-5-2-6-10-18;/h1,3-4,7-8,14H,2,5-6,9-12H2,(H3,16,17,19);1H/t14-;/m1./s1. The molecule has 0 saturated carbocycles. The fraction of sp³-hybridized carbons (Fsp3) is 0.533. The smallest absolute Gasteiger partial charge is 0.312 e. The summed E-state index contributed by atoms with van der Waals surface area (Å²) < 4.78 is 0. The molecule has 1 aromatic rings. The van der Waals surface area contributed by atoms with Crippen molar-refractivity contribution in [1.29, 1.82) is 0 Å². The van der Waals surface area contributed by atoms with Crippen LogP contribution in [0.25, 0.3) is 0 Å². The Balaban J connectivity index is 0.00000220. The third-order valence-corrected chi connectivity index (χ3v) is 3.44. The predicted molar refractivity (Wildman–Crippen MR) is 85.3 cm³/mol. The van der Waals surface area contributed by atoms with Gasteiger partial charge in [0.1, 0.15) is 0 Å². The molecule has 1 heterocycles. The Kier molecular flexibility index (Phi) is 8.12. The maximum atomic E-state index is 11.1. The van der Waals surface area contributed by atoms with Crippen molar-refractivity contribution in [2.24, 2.45) is 5.73 Å². The van der Waals surface area contributed by atoms with Crippen LogP contribution in [0.1, 0.15) is 24.8 Å². The van der Waals surface area contributed by atoms with Gasteiger partial charge in [0.05, 0.1) is 12.6 Å². The van der Waals surface area contributed by atoms with Crippen LogP contribution in [0, 0.1) is 0 Å². The summed E-state index contributed by atoms with van der Waals surface area (Å²) in [6.45, 7) is 2.39. The van der Waals surface area contributed by atoms with E-state index in [1.54, 1.807) is 0 Å². The lowest BCUT2D eigenvalue weighted by atomic mass is 10.1. The SMILES string of the molecule is Cl.NC(=O)N[C@@H](CON1CCCCC1)Cc1ccccc1. The van der Waals surface area contributed by atoms with Gasteiger partial charge in [-0.15, -0.1) is 12.4 Å². The van der Waals surface area contributed by atoms with Gasteiger partial charge in [0.2, 0.25) is 0 Å². The first kappa shape index (κ1) is 17.8. The quantitative estimate of drug-likeness (QED) is 0.845. The van der Waals surface area contributed by atoms with Crippen LogP contribution in [0.5, 0.6) is 0 Å². The van der Waals surface area contributed by atoms with E-state index in [4.69, 9.17) is 10.6 Å². The molecule has 1 fully saturated rings. The average molecular weight is 314 g/mol. The van der Waals surface area contributed by atoms with Crippen LogP contribution in [0.3, 0.4) is 0 Å². The van der Waals surface area contributed by atoms with Gasteiger partial charge in [-0.3, -0.25) is 4.84 Å². The normalized spacial score (nSPS) is 16.8. The van der Waals surface area contributed by atoms with Crippen LogP contribution >= 0.6 is 12.4 Å². The molecule has 6 heteroatoms. The van der Waals surface area contributed by atoms with Gasteiger partial charge >= 0.3 is 6.03 Å². The van der Waals surface area contributed by atoms with E-state index in [1.165, 1.54) is 19.3 Å². The molecule has 21 heavy (non-hydrogen) atoms. The molecule has 0 radical (unpaired) electrons. The fourth-order valence-electron chi connectivity index (χ4n) is 2.44. The van der Waals surface area contributed by atoms with E-state index in [-0.39, 0.29) is 18.4 Å². The Hall–Kier alpha value is -1.30. The summed E-state index contributed by atoms with van der Waals surface area (Å²) in [4.78, 5) is 16.9. The van der Waals surface area contributed by atoms with Crippen LogP contribution < -0.4 is 11.1 Å². The van der Waals surface area contributed by atoms with E-state index in [9.17, 15) is 4.79 Å². The summed E-state index contributed by atoms with van der Waals surface area (Å²) in [5.41, 5.74) is 6.40. The number of nitrogens with zero attached hydrogens (tertiary/aromatic N) is 1. The Morgan fingerprint density at radius 1 is 1.24 bits per heavy atom. The number of benzene rings is 1. The highest BCUT2D eigenvalue weighted by atomic mass is 35.5. The number of carbonyl (C=O) groups is 1. The minimum Gasteiger partial charge on any atom is -0.352 e. The lowest BCUT2D eigenvalue weighted by Gasteiger charge is -2.28. The number of amides is 2. The molecule has 0 spiro atoms. The second-order valence-electron chi connectivity index (χ2n) is 5.18. The summed E-state index contributed by atoms with van der Waals surface area (Å²) in [5, 5.41) is 4.75. The van der Waals surface area contributed by atoms with Crippen molar-refractivity contribution < 1.29 is 9.63 Å². The van der Waals surface area contributed by atoms with Gasteiger partial charge in [0, 0.05) is 13.1 Å². The lowest BCUT2D eigenvalue weighted by Crippen LogP contribution is -2.44. The molecule has 5 nitrogen and oxygen atoms in total. The minimum absolute atomic E-state index is 0. The first-order valence-electron chi connectivity index (χ1n) is 7.22. The second kappa shape index (κ2) is 9.60. The number of primary amides is 1. The van der Waals surface area contributed by atoms with Crippen LogP contribution in [0.2, 0.25) is 0 Å². The first-order valence-corrected chi connectivity index (χ1v) is 7.22. The molecule has 1 aromatic carbocycles. The second-order valence-corrected chi connectivity index (χ2v) is 5.18. The highest BCUT2D eigenvalue weighted by Gasteiger charge is 2.16. The van der Waals surface area contributed by atoms with Crippen molar-refractivity contribution in [3.8, 4) is 0 Å². The number of hydrogen-bond acceptors (Lipinski definition) is 3. The summed E-state index contributed by atoms with van der Waals surface area (Å²) in [6.07, 6.45) is 4.34. The lowest BCUT2D eigenvalue weighted by molar-refractivity contribution is -0.172. The number of hydroxylamine groups is 2. The van der Waals surface area contributed by atoms with E-state index < -0.39 is 6.03 Å². The summed E-state index contributed by atoms with van der Waals surface area (Å²) in [5.74, 6) is 0. The fourth-order valence-corrected chi connectivity index (χ4v) is 2.44. The van der Waals surface area contributed by atoms with Crippen LogP contribution in [-0.4, -0.2) is 36.8 Å². The van der Waals surface area contributed by atoms with E-state index in [0.29, 0.717) is 6.61 Å². The van der Waals surface area contributed by atoms with Gasteiger partial charge in [0.25, 0.3) is 0 Å². The number of urea groups is 1. The monoisotopic (exact) mass is 313 g/mol. The number of hydrogen-bond donors (Lipinski definition) is 2. The third-order valence-electron chi connectivity index (χ3n) is 3.44. The maximum absolute atomic E-state index is 11.1. The number of nitrogens with two attached hydrogens (primary N) is 1. The molecule has 0 aliphatic carbocycles. The number of nitrogens with one attached hydrogen (secondary N) is 1. The summed E-state index contributed by atoms with van der Waals surface area (Å²) in [6, 6.07) is 9.42.